The van der Waals surface area contributed by atoms with Gasteiger partial charge >= 0.3 is 0 Å². The number of alkyl halides is 2. The molecule has 0 unspecified atom stereocenters. The van der Waals surface area contributed by atoms with Crippen LogP contribution in [0.25, 0.3) is 27.6 Å². The van der Waals surface area contributed by atoms with E-state index in [1.54, 1.807) is 19.9 Å². The molecule has 1 aliphatic rings. The standard InChI is InChI=1S/C34H36ClF4N7O4S/c1-17-11-25(20-7-9-34(38,39)10-8-20)41-30-27(17)33(47)46(32(42-30)24(40)14-19-12-21(36)15-22(37)13-19)26-6-5-23(35)28-29(26)45(16-18(2)50-3)43-31(28)44-51(4,48)49/h5-6,11-13,15,18,20,24H,7-10,14,16,40H2,1-4H3,(H,43,44)/t18-,24-/m0/s1. The molecule has 0 bridgehead atoms. The van der Waals surface area contributed by atoms with E-state index >= 15 is 0 Å². The van der Waals surface area contributed by atoms with Gasteiger partial charge in [-0.05, 0) is 74.6 Å². The smallest absolute Gasteiger partial charge is 0.268 e. The predicted molar refractivity (Wildman–Crippen MR) is 186 cm³/mol. The summed E-state index contributed by atoms with van der Waals surface area (Å²) < 4.78 is 91.8. The number of hydrogen-bond donors (Lipinski definition) is 2. The summed E-state index contributed by atoms with van der Waals surface area (Å²) in [7, 11) is -2.34. The Kier molecular flexibility index (Phi) is 9.91. The zero-order valence-corrected chi connectivity index (χ0v) is 29.8. The number of fused-ring (bicyclic) bond motifs is 2. The second-order valence-corrected chi connectivity index (χ2v) is 15.3. The molecule has 0 saturated heterocycles. The summed E-state index contributed by atoms with van der Waals surface area (Å²) in [6.45, 7) is 3.57. The van der Waals surface area contributed by atoms with Gasteiger partial charge in [-0.25, -0.2) is 35.9 Å². The zero-order valence-electron chi connectivity index (χ0n) is 28.2. The molecule has 11 nitrogen and oxygen atoms in total. The summed E-state index contributed by atoms with van der Waals surface area (Å²) in [6, 6.07) is 6.54. The van der Waals surface area contributed by atoms with Gasteiger partial charge in [0.25, 0.3) is 5.56 Å². The quantitative estimate of drug-likeness (QED) is 0.158. The lowest BCUT2D eigenvalue weighted by atomic mass is 9.84. The number of hydrogen-bond acceptors (Lipinski definition) is 8. The minimum absolute atomic E-state index is 0.0330. The number of nitrogens with one attached hydrogen (secondary N) is 1. The third-order valence-electron chi connectivity index (χ3n) is 9.11. The van der Waals surface area contributed by atoms with Gasteiger partial charge in [0.2, 0.25) is 15.9 Å². The molecule has 1 saturated carbocycles. The van der Waals surface area contributed by atoms with E-state index < -0.39 is 45.3 Å². The number of aromatic nitrogens is 5. The second-order valence-electron chi connectivity index (χ2n) is 13.1. The number of pyridine rings is 1. The van der Waals surface area contributed by atoms with Crippen LogP contribution in [0.1, 0.15) is 67.2 Å². The van der Waals surface area contributed by atoms with Crippen molar-refractivity contribution < 1.29 is 30.7 Å². The molecule has 1 aliphatic carbocycles. The largest absolute Gasteiger partial charge is 0.380 e. The van der Waals surface area contributed by atoms with Gasteiger partial charge in [-0.2, -0.15) is 5.10 Å². The summed E-state index contributed by atoms with van der Waals surface area (Å²) in [6.07, 6.45) is 0.215. The molecule has 0 spiro atoms. The average molecular weight is 750 g/mol. The highest BCUT2D eigenvalue weighted by molar-refractivity contribution is 7.92. The van der Waals surface area contributed by atoms with Crippen LogP contribution in [-0.2, 0) is 27.7 Å². The van der Waals surface area contributed by atoms with E-state index in [0.717, 1.165) is 24.5 Å². The normalized spacial score (nSPS) is 16.5. The molecule has 3 N–H and O–H groups in total. The van der Waals surface area contributed by atoms with E-state index in [1.165, 1.54) is 28.5 Å². The Morgan fingerprint density at radius 1 is 1.10 bits per heavy atom. The Morgan fingerprint density at radius 2 is 1.76 bits per heavy atom. The minimum atomic E-state index is -3.84. The van der Waals surface area contributed by atoms with Crippen LogP contribution < -0.4 is 16.0 Å². The monoisotopic (exact) mass is 749 g/mol. The first-order chi connectivity index (χ1) is 23.9. The number of sulfonamides is 1. The van der Waals surface area contributed by atoms with Crippen LogP contribution >= 0.6 is 11.6 Å². The molecule has 51 heavy (non-hydrogen) atoms. The zero-order chi connectivity index (χ0) is 37.0. The van der Waals surface area contributed by atoms with E-state index in [1.807, 2.05) is 0 Å². The number of nitrogens with two attached hydrogens (primary N) is 1. The van der Waals surface area contributed by atoms with Crippen molar-refractivity contribution in [2.75, 3.05) is 18.1 Å². The molecule has 2 aromatic carbocycles. The molecule has 5 aromatic rings. The van der Waals surface area contributed by atoms with E-state index in [4.69, 9.17) is 32.0 Å². The number of ether oxygens (including phenoxy) is 1. The summed E-state index contributed by atoms with van der Waals surface area (Å²) in [5.41, 5.74) is 7.81. The molecule has 272 valence electrons. The molecule has 3 aromatic heterocycles. The van der Waals surface area contributed by atoms with Gasteiger partial charge in [-0.15, -0.1) is 0 Å². The Hall–Kier alpha value is -4.12. The SMILES string of the molecule is CO[C@@H](C)Cn1nc(NS(C)(=O)=O)c2c(Cl)ccc(-n3c([C@@H](N)Cc4cc(F)cc(F)c4)nc4nc(C5CCC(F)(F)CC5)cc(C)c4c3=O)c21. The number of anilines is 1. The molecule has 0 amide bonds. The molecular weight excluding hydrogens is 714 g/mol. The Labute approximate surface area is 295 Å². The highest BCUT2D eigenvalue weighted by Gasteiger charge is 2.36. The number of rotatable bonds is 10. The molecule has 6 rings (SSSR count). The predicted octanol–water partition coefficient (Wildman–Crippen LogP) is 6.31. The number of halogens is 5. The molecule has 3 heterocycles. The van der Waals surface area contributed by atoms with Crippen LogP contribution in [-0.4, -0.2) is 58.1 Å². The number of nitrogens with zero attached hydrogens (tertiary/aromatic N) is 5. The Balaban J connectivity index is 1.64. The molecule has 1 fully saturated rings. The van der Waals surface area contributed by atoms with Crippen LogP contribution in [0.4, 0.5) is 23.4 Å². The summed E-state index contributed by atoms with van der Waals surface area (Å²) in [4.78, 5) is 24.3. The van der Waals surface area contributed by atoms with Gasteiger partial charge in [0.1, 0.15) is 17.5 Å². The first-order valence-corrected chi connectivity index (χ1v) is 18.4. The fourth-order valence-electron chi connectivity index (χ4n) is 6.64. The highest BCUT2D eigenvalue weighted by atomic mass is 35.5. The van der Waals surface area contributed by atoms with Gasteiger partial charge in [0, 0.05) is 37.6 Å². The maximum atomic E-state index is 14.8. The van der Waals surface area contributed by atoms with Crippen LogP contribution in [0.2, 0.25) is 5.02 Å². The Bertz CT molecular complexity index is 2300. The maximum absolute atomic E-state index is 14.8. The van der Waals surface area contributed by atoms with Crippen molar-refractivity contribution in [3.05, 3.63) is 86.1 Å². The van der Waals surface area contributed by atoms with Gasteiger partial charge in [-0.3, -0.25) is 18.8 Å². The summed E-state index contributed by atoms with van der Waals surface area (Å²) >= 11 is 6.67. The van der Waals surface area contributed by atoms with E-state index in [2.05, 4.69) is 9.82 Å². The third-order valence-corrected chi connectivity index (χ3v) is 9.98. The van der Waals surface area contributed by atoms with Crippen molar-refractivity contribution in [2.24, 2.45) is 5.73 Å². The van der Waals surface area contributed by atoms with Crippen molar-refractivity contribution >= 4 is 49.4 Å². The highest BCUT2D eigenvalue weighted by Crippen LogP contribution is 2.41. The van der Waals surface area contributed by atoms with Crippen LogP contribution in [0.5, 0.6) is 0 Å². The van der Waals surface area contributed by atoms with Crippen molar-refractivity contribution in [1.82, 2.24) is 24.3 Å². The lowest BCUT2D eigenvalue weighted by Gasteiger charge is -2.28. The number of methoxy groups -OCH3 is 1. The van der Waals surface area contributed by atoms with Crippen LogP contribution in [0, 0.1) is 18.6 Å². The minimum Gasteiger partial charge on any atom is -0.380 e. The fraction of sp³-hybridized carbons (Fsp3) is 0.412. The van der Waals surface area contributed by atoms with E-state index in [9.17, 15) is 30.8 Å². The molecule has 17 heteroatoms. The Morgan fingerprint density at radius 3 is 2.39 bits per heavy atom. The topological polar surface area (TPSA) is 147 Å². The van der Waals surface area contributed by atoms with Gasteiger partial charge in [0.05, 0.1) is 51.9 Å². The molecule has 2 atom stereocenters. The summed E-state index contributed by atoms with van der Waals surface area (Å²) in [5.74, 6) is -4.79. The first-order valence-electron chi connectivity index (χ1n) is 16.2. The fourth-order valence-corrected chi connectivity index (χ4v) is 7.38. The molecular formula is C34H36ClF4N7O4S. The lowest BCUT2D eigenvalue weighted by Crippen LogP contribution is -2.31. The number of aryl methyl sites for hydroxylation is 1. The number of benzene rings is 2. The maximum Gasteiger partial charge on any atom is 0.268 e. The molecule has 0 radical (unpaired) electrons. The van der Waals surface area contributed by atoms with E-state index in [-0.39, 0.29) is 94.4 Å². The second kappa shape index (κ2) is 13.8. The average Bonchev–Trinajstić information content (AvgIpc) is 3.37. The van der Waals surface area contributed by atoms with Crippen molar-refractivity contribution in [3.8, 4) is 5.69 Å². The third kappa shape index (κ3) is 7.59. The van der Waals surface area contributed by atoms with Crippen LogP contribution in [0.3, 0.4) is 0 Å². The first kappa shape index (κ1) is 36.7. The van der Waals surface area contributed by atoms with Gasteiger partial charge in [-0.1, -0.05) is 11.6 Å². The molecule has 0 aliphatic heterocycles. The van der Waals surface area contributed by atoms with Gasteiger partial charge in [0.15, 0.2) is 11.5 Å². The summed E-state index contributed by atoms with van der Waals surface area (Å²) in [5, 5.41) is 4.93. The van der Waals surface area contributed by atoms with Crippen molar-refractivity contribution in [2.45, 2.75) is 76.5 Å². The van der Waals surface area contributed by atoms with Gasteiger partial charge < -0.3 is 10.5 Å². The lowest BCUT2D eigenvalue weighted by molar-refractivity contribution is -0.0384. The van der Waals surface area contributed by atoms with Crippen LogP contribution in [0.15, 0.2) is 41.2 Å². The van der Waals surface area contributed by atoms with Crippen molar-refractivity contribution in [1.29, 1.82) is 0 Å². The van der Waals surface area contributed by atoms with E-state index in [0.29, 0.717) is 11.3 Å². The van der Waals surface area contributed by atoms with Crippen molar-refractivity contribution in [3.63, 3.8) is 0 Å².